The lowest BCUT2D eigenvalue weighted by Gasteiger charge is -2.62. The normalized spacial score (nSPS) is 31.6. The molecule has 200 valence electrons. The molecule has 37 heavy (non-hydrogen) atoms. The number of piperazine rings is 1. The third kappa shape index (κ3) is 4.73. The highest BCUT2D eigenvalue weighted by molar-refractivity contribution is 6.30. The molecule has 6 nitrogen and oxygen atoms in total. The van der Waals surface area contributed by atoms with Crippen molar-refractivity contribution in [1.82, 2.24) is 14.9 Å². The van der Waals surface area contributed by atoms with Crippen LogP contribution in [-0.4, -0.2) is 54.2 Å². The van der Waals surface area contributed by atoms with Crippen LogP contribution in [0.3, 0.4) is 0 Å². The van der Waals surface area contributed by atoms with Gasteiger partial charge in [-0.3, -0.25) is 4.90 Å². The van der Waals surface area contributed by atoms with Crippen molar-refractivity contribution < 1.29 is 17.9 Å². The maximum Gasteiger partial charge on any atom is 0.420 e. The first kappa shape index (κ1) is 25.0. The summed E-state index contributed by atoms with van der Waals surface area (Å²) in [4.78, 5) is 12.7. The zero-order valence-corrected chi connectivity index (χ0v) is 21.9. The van der Waals surface area contributed by atoms with E-state index in [4.69, 9.17) is 16.3 Å². The molecule has 2 atom stereocenters. The topological polar surface area (TPSA) is 53.5 Å². The Labute approximate surface area is 220 Å². The maximum atomic E-state index is 13.0. The first-order chi connectivity index (χ1) is 17.6. The number of nitrogens with zero attached hydrogens (tertiary/aromatic N) is 4. The van der Waals surface area contributed by atoms with Crippen LogP contribution in [-0.2, 0) is 6.18 Å². The number of ether oxygens (including phenoxy) is 1. The number of benzene rings is 1. The number of nitrogens with one attached hydrogen (secondary N) is 1. The van der Waals surface area contributed by atoms with Crippen LogP contribution in [0.2, 0.25) is 5.15 Å². The Morgan fingerprint density at radius 2 is 1.78 bits per heavy atom. The van der Waals surface area contributed by atoms with Crippen LogP contribution in [0.5, 0.6) is 5.75 Å². The fourth-order valence-electron chi connectivity index (χ4n) is 7.99. The minimum atomic E-state index is -4.60. The lowest BCUT2D eigenvalue weighted by molar-refractivity contribution is -0.137. The van der Waals surface area contributed by atoms with Crippen molar-refractivity contribution in [2.24, 2.45) is 23.2 Å². The zero-order valence-electron chi connectivity index (χ0n) is 21.2. The van der Waals surface area contributed by atoms with E-state index < -0.39 is 16.9 Å². The lowest BCUT2D eigenvalue weighted by Crippen LogP contribution is -2.62. The first-order valence-corrected chi connectivity index (χ1v) is 13.5. The lowest BCUT2D eigenvalue weighted by atomic mass is 9.48. The molecule has 2 aromatic rings. The van der Waals surface area contributed by atoms with Gasteiger partial charge in [0.1, 0.15) is 16.5 Å². The highest BCUT2D eigenvalue weighted by Crippen LogP contribution is 2.60. The molecule has 5 fully saturated rings. The second kappa shape index (κ2) is 9.19. The molecule has 0 amide bonds. The molecule has 7 rings (SSSR count). The van der Waals surface area contributed by atoms with E-state index in [1.54, 1.807) is 7.11 Å². The van der Waals surface area contributed by atoms with Crippen molar-refractivity contribution in [2.75, 3.05) is 43.5 Å². The summed E-state index contributed by atoms with van der Waals surface area (Å²) in [7, 11) is 1.57. The monoisotopic (exact) mass is 535 g/mol. The van der Waals surface area contributed by atoms with Crippen LogP contribution in [0, 0.1) is 23.2 Å². The summed E-state index contributed by atoms with van der Waals surface area (Å²) in [6, 6.07) is 6.54. The van der Waals surface area contributed by atoms with Crippen molar-refractivity contribution >= 4 is 28.9 Å². The number of alkyl halides is 3. The molecule has 5 aliphatic rings. The molecule has 1 N–H and O–H groups in total. The van der Waals surface area contributed by atoms with Crippen LogP contribution in [0.25, 0.3) is 0 Å². The minimum Gasteiger partial charge on any atom is -0.494 e. The van der Waals surface area contributed by atoms with Gasteiger partial charge in [0.2, 0.25) is 5.95 Å². The summed E-state index contributed by atoms with van der Waals surface area (Å²) in [6.07, 6.45) is 3.20. The highest BCUT2D eigenvalue weighted by Gasteiger charge is 2.54. The average Bonchev–Trinajstić information content (AvgIpc) is 2.83. The molecule has 4 bridgehead atoms. The van der Waals surface area contributed by atoms with E-state index >= 15 is 0 Å². The molecule has 10 heteroatoms. The van der Waals surface area contributed by atoms with Crippen molar-refractivity contribution in [2.45, 2.75) is 51.2 Å². The van der Waals surface area contributed by atoms with Crippen molar-refractivity contribution in [1.29, 1.82) is 0 Å². The molecule has 1 aliphatic heterocycles. The number of rotatable bonds is 5. The van der Waals surface area contributed by atoms with E-state index in [0.717, 1.165) is 55.7 Å². The van der Waals surface area contributed by atoms with E-state index in [1.807, 2.05) is 18.2 Å². The Balaban J connectivity index is 1.11. The number of methoxy groups -OCH3 is 1. The predicted octanol–water partition coefficient (Wildman–Crippen LogP) is 6.24. The van der Waals surface area contributed by atoms with Gasteiger partial charge < -0.3 is 15.0 Å². The van der Waals surface area contributed by atoms with E-state index in [1.165, 1.54) is 32.1 Å². The fourth-order valence-corrected chi connectivity index (χ4v) is 8.23. The molecule has 0 radical (unpaired) electrons. The van der Waals surface area contributed by atoms with Crippen LogP contribution in [0.15, 0.2) is 24.4 Å². The SMILES string of the molecule is COc1cc(N2CCN([C@H]3C4CC5CC3C[C@](C)(C5)C4)CC2)ccc1Nc1ncc(C(F)(F)F)c(Cl)n1. The van der Waals surface area contributed by atoms with Gasteiger partial charge in [-0.05, 0) is 67.4 Å². The summed E-state index contributed by atoms with van der Waals surface area (Å²) in [5, 5.41) is 2.28. The van der Waals surface area contributed by atoms with E-state index in [2.05, 4.69) is 32.0 Å². The third-order valence-corrected chi connectivity index (χ3v) is 9.40. The van der Waals surface area contributed by atoms with Gasteiger partial charge in [-0.2, -0.15) is 13.2 Å². The predicted molar refractivity (Wildman–Crippen MR) is 138 cm³/mol. The number of anilines is 3. The number of aromatic nitrogens is 2. The summed E-state index contributed by atoms with van der Waals surface area (Å²) >= 11 is 5.74. The first-order valence-electron chi connectivity index (χ1n) is 13.2. The molecule has 2 heterocycles. The molecule has 0 spiro atoms. The Morgan fingerprint density at radius 1 is 1.08 bits per heavy atom. The third-order valence-electron chi connectivity index (χ3n) is 9.11. The molecule has 4 aliphatic carbocycles. The van der Waals surface area contributed by atoms with Gasteiger partial charge in [-0.1, -0.05) is 18.5 Å². The number of hydrogen-bond acceptors (Lipinski definition) is 6. The van der Waals surface area contributed by atoms with Gasteiger partial charge >= 0.3 is 6.18 Å². The van der Waals surface area contributed by atoms with E-state index in [-0.39, 0.29) is 5.95 Å². The van der Waals surface area contributed by atoms with Crippen molar-refractivity contribution in [3.8, 4) is 5.75 Å². The van der Waals surface area contributed by atoms with Crippen LogP contribution >= 0.6 is 11.6 Å². The molecule has 1 aromatic carbocycles. The van der Waals surface area contributed by atoms with Gasteiger partial charge in [-0.15, -0.1) is 0 Å². The molecule has 4 saturated carbocycles. The van der Waals surface area contributed by atoms with Crippen molar-refractivity contribution in [3.05, 3.63) is 35.1 Å². The van der Waals surface area contributed by atoms with Crippen LogP contribution in [0.1, 0.15) is 44.6 Å². The van der Waals surface area contributed by atoms with Gasteiger partial charge in [0.25, 0.3) is 0 Å². The van der Waals surface area contributed by atoms with Crippen LogP contribution in [0.4, 0.5) is 30.5 Å². The Bertz CT molecular complexity index is 1150. The van der Waals surface area contributed by atoms with Gasteiger partial charge in [0, 0.05) is 50.2 Å². The summed E-state index contributed by atoms with van der Waals surface area (Å²) in [6.45, 7) is 6.59. The van der Waals surface area contributed by atoms with E-state index in [0.29, 0.717) is 23.0 Å². The number of hydrogen-bond donors (Lipinski definition) is 1. The molecular formula is C27H33ClF3N5O. The quantitative estimate of drug-likeness (QED) is 0.458. The second-order valence-electron chi connectivity index (χ2n) is 11.7. The summed E-state index contributed by atoms with van der Waals surface area (Å²) in [5.74, 6) is 3.24. The van der Waals surface area contributed by atoms with Gasteiger partial charge in [0.15, 0.2) is 0 Å². The molecule has 1 aromatic heterocycles. The van der Waals surface area contributed by atoms with Gasteiger partial charge in [-0.25, -0.2) is 9.97 Å². The number of halogens is 4. The molecule has 2 unspecified atom stereocenters. The summed E-state index contributed by atoms with van der Waals surface area (Å²) in [5.41, 5.74) is 1.15. The average molecular weight is 536 g/mol. The van der Waals surface area contributed by atoms with Gasteiger partial charge in [0.05, 0.1) is 12.8 Å². The second-order valence-corrected chi connectivity index (χ2v) is 12.1. The zero-order chi connectivity index (χ0) is 25.9. The van der Waals surface area contributed by atoms with Crippen molar-refractivity contribution in [3.63, 3.8) is 0 Å². The highest BCUT2D eigenvalue weighted by atomic mass is 35.5. The Hall–Kier alpha value is -2.26. The smallest absolute Gasteiger partial charge is 0.420 e. The minimum absolute atomic E-state index is 0.0257. The Kier molecular flexibility index (Phi) is 6.22. The van der Waals surface area contributed by atoms with Crippen LogP contribution < -0.4 is 15.0 Å². The molecular weight excluding hydrogens is 503 g/mol. The van der Waals surface area contributed by atoms with E-state index in [9.17, 15) is 13.2 Å². The standard InChI is InChI=1S/C27H33ClF3N5O/c1-26-12-16-9-17(13-26)23(18(10-16)14-26)36-7-5-35(6-8-36)19-3-4-21(22(11-19)37-2)33-25-32-15-20(24(28)34-25)27(29,30)31/h3-4,11,15-18,23H,5-10,12-14H2,1-2H3,(H,32,33,34)/t16?,17?,18?,23-,26+. The molecule has 1 saturated heterocycles. The fraction of sp³-hybridized carbons (Fsp3) is 0.630. The largest absolute Gasteiger partial charge is 0.494 e. The summed E-state index contributed by atoms with van der Waals surface area (Å²) < 4.78 is 44.4. The maximum absolute atomic E-state index is 13.0. The Morgan fingerprint density at radius 3 is 2.38 bits per heavy atom.